The monoisotopic (exact) mass is 359 g/mol. The maximum atomic E-state index is 13.7. The van der Waals surface area contributed by atoms with Crippen LogP contribution < -0.4 is 0 Å². The molecule has 5 nitrogen and oxygen atoms in total. The molecule has 1 aliphatic heterocycles. The van der Waals surface area contributed by atoms with Gasteiger partial charge in [-0.1, -0.05) is 6.07 Å². The molecule has 2 atom stereocenters. The molecule has 1 aromatic rings. The van der Waals surface area contributed by atoms with Gasteiger partial charge in [0.25, 0.3) is 0 Å². The van der Waals surface area contributed by atoms with Gasteiger partial charge in [0.15, 0.2) is 6.10 Å². The molecule has 0 aliphatic carbocycles. The van der Waals surface area contributed by atoms with Crippen molar-refractivity contribution in [1.29, 1.82) is 0 Å². The van der Waals surface area contributed by atoms with Crippen molar-refractivity contribution in [2.45, 2.75) is 32.0 Å². The molecule has 1 fully saturated rings. The van der Waals surface area contributed by atoms with Gasteiger partial charge in [-0.25, -0.2) is 9.18 Å². The zero-order chi connectivity index (χ0) is 15.7. The summed E-state index contributed by atoms with van der Waals surface area (Å²) >= 11 is 3.05. The number of carbonyl (C=O) groups is 2. The van der Waals surface area contributed by atoms with Gasteiger partial charge < -0.3 is 14.7 Å². The molecule has 0 spiro atoms. The Labute approximate surface area is 129 Å². The molecule has 1 heterocycles. The lowest BCUT2D eigenvalue weighted by molar-refractivity contribution is -0.175. The van der Waals surface area contributed by atoms with E-state index in [4.69, 9.17) is 4.74 Å². The number of aliphatic carboxylic acids is 1. The highest BCUT2D eigenvalue weighted by molar-refractivity contribution is 9.10. The molecular weight excluding hydrogens is 345 g/mol. The van der Waals surface area contributed by atoms with Crippen molar-refractivity contribution >= 4 is 27.8 Å². The Morgan fingerprint density at radius 1 is 1.52 bits per heavy atom. The molecule has 21 heavy (non-hydrogen) atoms. The van der Waals surface area contributed by atoms with Crippen LogP contribution in [0.5, 0.6) is 0 Å². The predicted octanol–water partition coefficient (Wildman–Crippen LogP) is 2.35. The minimum atomic E-state index is -1.22. The Bertz CT molecular complexity index is 578. The quantitative estimate of drug-likeness (QED) is 0.899. The predicted molar refractivity (Wildman–Crippen MR) is 76.2 cm³/mol. The van der Waals surface area contributed by atoms with E-state index in [2.05, 4.69) is 15.9 Å². The van der Waals surface area contributed by atoms with Crippen LogP contribution in [0.4, 0.5) is 4.39 Å². The topological polar surface area (TPSA) is 66.8 Å². The van der Waals surface area contributed by atoms with Crippen LogP contribution in [0.3, 0.4) is 0 Å². The van der Waals surface area contributed by atoms with Gasteiger partial charge in [0.05, 0.1) is 10.5 Å². The average Bonchev–Trinajstić information content (AvgIpc) is 2.40. The number of hydrogen-bond acceptors (Lipinski definition) is 3. The van der Waals surface area contributed by atoms with E-state index in [0.29, 0.717) is 5.56 Å². The largest absolute Gasteiger partial charge is 0.479 e. The number of amides is 1. The number of carboxylic acids is 1. The van der Waals surface area contributed by atoms with E-state index < -0.39 is 23.9 Å². The first-order valence-corrected chi connectivity index (χ1v) is 7.22. The maximum Gasteiger partial charge on any atom is 0.335 e. The lowest BCUT2D eigenvalue weighted by Crippen LogP contribution is -2.54. The second kappa shape index (κ2) is 6.11. The number of carbonyl (C=O) groups excluding carboxylic acids is 1. The zero-order valence-corrected chi connectivity index (χ0v) is 13.1. The Morgan fingerprint density at radius 3 is 2.71 bits per heavy atom. The molecular formula is C14H15BrFNO4. The van der Waals surface area contributed by atoms with Crippen LogP contribution in [-0.4, -0.2) is 40.6 Å². The normalized spacial score (nSPS) is 22.7. The minimum Gasteiger partial charge on any atom is -0.479 e. The zero-order valence-electron chi connectivity index (χ0n) is 11.5. The van der Waals surface area contributed by atoms with E-state index in [0.717, 1.165) is 0 Å². The van der Waals surface area contributed by atoms with Gasteiger partial charge in [0.2, 0.25) is 5.91 Å². The van der Waals surface area contributed by atoms with Crippen LogP contribution in [-0.2, 0) is 14.3 Å². The van der Waals surface area contributed by atoms with E-state index in [9.17, 15) is 19.1 Å². The number of nitrogens with zero attached hydrogens (tertiary/aromatic N) is 1. The molecule has 1 saturated heterocycles. The molecule has 1 aromatic carbocycles. The Morgan fingerprint density at radius 2 is 2.19 bits per heavy atom. The number of rotatable bonds is 3. The standard InChI is InChI=1S/C14H15BrFNO4/c1-7(2)17-11(18)6-21-13(14(19)20)12(17)8-3-4-9(15)10(16)5-8/h3-5,7,12-13H,6H2,1-2H3,(H,19,20). The summed E-state index contributed by atoms with van der Waals surface area (Å²) in [6.45, 7) is 3.28. The van der Waals surface area contributed by atoms with Crippen LogP contribution in [0.2, 0.25) is 0 Å². The number of halogens is 2. The van der Waals surface area contributed by atoms with Gasteiger partial charge in [-0.05, 0) is 47.5 Å². The molecule has 0 radical (unpaired) electrons. The number of hydrogen-bond donors (Lipinski definition) is 1. The maximum absolute atomic E-state index is 13.7. The Hall–Kier alpha value is -1.47. The lowest BCUT2D eigenvalue weighted by Gasteiger charge is -2.41. The fourth-order valence-corrected chi connectivity index (χ4v) is 2.72. The molecule has 0 aromatic heterocycles. The summed E-state index contributed by atoms with van der Waals surface area (Å²) in [4.78, 5) is 24.9. The molecule has 1 aliphatic rings. The average molecular weight is 360 g/mol. The van der Waals surface area contributed by atoms with Gasteiger partial charge in [-0.2, -0.15) is 0 Å². The summed E-state index contributed by atoms with van der Waals surface area (Å²) in [7, 11) is 0. The van der Waals surface area contributed by atoms with E-state index in [1.54, 1.807) is 19.9 Å². The van der Waals surface area contributed by atoms with Crippen LogP contribution in [0, 0.1) is 5.82 Å². The van der Waals surface area contributed by atoms with E-state index in [1.807, 2.05) is 0 Å². The fourth-order valence-electron chi connectivity index (χ4n) is 2.48. The van der Waals surface area contributed by atoms with Crippen LogP contribution in [0.1, 0.15) is 25.5 Å². The molecule has 0 bridgehead atoms. The summed E-state index contributed by atoms with van der Waals surface area (Å²) in [5, 5.41) is 9.31. The van der Waals surface area contributed by atoms with Crippen molar-refractivity contribution < 1.29 is 23.8 Å². The van der Waals surface area contributed by atoms with Crippen molar-refractivity contribution in [3.8, 4) is 0 Å². The second-order valence-corrected chi connectivity index (χ2v) is 5.94. The first kappa shape index (κ1) is 15.9. The van der Waals surface area contributed by atoms with E-state index >= 15 is 0 Å². The Kier molecular flexibility index (Phi) is 4.63. The van der Waals surface area contributed by atoms with E-state index in [1.165, 1.54) is 17.0 Å². The van der Waals surface area contributed by atoms with Gasteiger partial charge >= 0.3 is 5.97 Å². The molecule has 2 unspecified atom stereocenters. The highest BCUT2D eigenvalue weighted by Gasteiger charge is 2.43. The molecule has 114 valence electrons. The summed E-state index contributed by atoms with van der Waals surface area (Å²) < 4.78 is 19.2. The first-order chi connectivity index (χ1) is 9.82. The highest BCUT2D eigenvalue weighted by Crippen LogP contribution is 2.33. The van der Waals surface area contributed by atoms with Gasteiger partial charge in [-0.15, -0.1) is 0 Å². The number of carboxylic acid groups (broad SMARTS) is 1. The number of morpholine rings is 1. The van der Waals surface area contributed by atoms with Crippen molar-refractivity contribution in [3.05, 3.63) is 34.1 Å². The third-order valence-electron chi connectivity index (χ3n) is 3.35. The number of benzene rings is 1. The molecule has 2 rings (SSSR count). The van der Waals surface area contributed by atoms with Crippen molar-refractivity contribution in [2.75, 3.05) is 6.61 Å². The smallest absolute Gasteiger partial charge is 0.335 e. The summed E-state index contributed by atoms with van der Waals surface area (Å²) in [6, 6.07) is 3.22. The summed E-state index contributed by atoms with van der Waals surface area (Å²) in [5.41, 5.74) is 0.393. The summed E-state index contributed by atoms with van der Waals surface area (Å²) in [5.74, 6) is -2.00. The van der Waals surface area contributed by atoms with Crippen LogP contribution >= 0.6 is 15.9 Å². The lowest BCUT2D eigenvalue weighted by atomic mass is 9.96. The van der Waals surface area contributed by atoms with Gasteiger partial charge in [0, 0.05) is 6.04 Å². The van der Waals surface area contributed by atoms with Crippen LogP contribution in [0.15, 0.2) is 22.7 Å². The molecule has 1 N–H and O–H groups in total. The highest BCUT2D eigenvalue weighted by atomic mass is 79.9. The second-order valence-electron chi connectivity index (χ2n) is 5.08. The summed E-state index contributed by atoms with van der Waals surface area (Å²) in [6.07, 6.45) is -1.22. The SMILES string of the molecule is CC(C)N1C(=O)COC(C(=O)O)C1c1ccc(Br)c(F)c1. The molecule has 1 amide bonds. The van der Waals surface area contributed by atoms with Gasteiger partial charge in [-0.3, -0.25) is 4.79 Å². The van der Waals surface area contributed by atoms with Crippen molar-refractivity contribution in [1.82, 2.24) is 4.90 Å². The van der Waals surface area contributed by atoms with Crippen LogP contribution in [0.25, 0.3) is 0 Å². The van der Waals surface area contributed by atoms with E-state index in [-0.39, 0.29) is 23.0 Å². The molecule has 7 heteroatoms. The minimum absolute atomic E-state index is 0.222. The molecule has 0 saturated carbocycles. The fraction of sp³-hybridized carbons (Fsp3) is 0.429. The first-order valence-electron chi connectivity index (χ1n) is 6.43. The Balaban J connectivity index is 2.51. The van der Waals surface area contributed by atoms with Crippen molar-refractivity contribution in [3.63, 3.8) is 0 Å². The number of ether oxygens (including phenoxy) is 1. The third kappa shape index (κ3) is 3.08. The third-order valence-corrected chi connectivity index (χ3v) is 3.99. The van der Waals surface area contributed by atoms with Gasteiger partial charge in [0.1, 0.15) is 12.4 Å². The van der Waals surface area contributed by atoms with Crippen molar-refractivity contribution in [2.24, 2.45) is 0 Å².